The van der Waals surface area contributed by atoms with Crippen LogP contribution in [0.5, 0.6) is 17.2 Å². The smallest absolute Gasteiger partial charge is 0.123 e. The molecule has 0 aliphatic heterocycles. The van der Waals surface area contributed by atoms with Gasteiger partial charge in [0.15, 0.2) is 0 Å². The van der Waals surface area contributed by atoms with Crippen LogP contribution in [0.1, 0.15) is 207 Å². The predicted molar refractivity (Wildman–Crippen MR) is 241 cm³/mol. The predicted octanol–water partition coefficient (Wildman–Crippen LogP) is 14.1. The first kappa shape index (κ1) is 45.0. The van der Waals surface area contributed by atoms with E-state index >= 15 is 0 Å². The highest BCUT2D eigenvalue weighted by molar-refractivity contribution is 5.59. The quantitative estimate of drug-likeness (QED) is 0.176. The number of hydrogen-bond donors (Lipinski definition) is 3. The molecule has 4 aromatic rings. The maximum absolute atomic E-state index is 11.6. The van der Waals surface area contributed by atoms with Crippen molar-refractivity contribution < 1.29 is 15.3 Å². The summed E-state index contributed by atoms with van der Waals surface area (Å²) in [6.07, 6.45) is 2.26. The molecule has 3 nitrogen and oxygen atoms in total. The molecule has 0 unspecified atom stereocenters. The molecule has 3 heteroatoms. The fraction of sp³-hybridized carbons (Fsp3) is 0.547. The lowest BCUT2D eigenvalue weighted by Gasteiger charge is -2.30. The SMILES string of the molecule is Cc1c(Cc2cc(C(C)C)c(O)c(C(C)(C)C)c2)c(C)c(Cc2cc(C(C)(C)C)c(O)c(C(C)(C)C)c2)c(C)c1Cc1cc(C(C)(C)C)c(O)c(C(C)(C)C)c1. The molecule has 3 N–H and O–H groups in total. The summed E-state index contributed by atoms with van der Waals surface area (Å²) in [6, 6.07) is 13.4. The molecule has 0 aliphatic rings. The van der Waals surface area contributed by atoms with Crippen LogP contribution in [0, 0.1) is 20.8 Å². The second kappa shape index (κ2) is 15.2. The number of phenols is 3. The van der Waals surface area contributed by atoms with Gasteiger partial charge in [0.25, 0.3) is 0 Å². The Bertz CT molecular complexity index is 1920. The van der Waals surface area contributed by atoms with E-state index in [1.807, 2.05) is 0 Å². The molecule has 0 saturated heterocycles. The highest BCUT2D eigenvalue weighted by Gasteiger charge is 2.30. The third kappa shape index (κ3) is 9.35. The molecule has 0 fully saturated rings. The molecule has 0 radical (unpaired) electrons. The first-order valence-corrected chi connectivity index (χ1v) is 20.9. The Kier molecular flexibility index (Phi) is 12.2. The molecule has 0 bridgehead atoms. The van der Waals surface area contributed by atoms with Gasteiger partial charge in [0.1, 0.15) is 17.2 Å². The first-order valence-electron chi connectivity index (χ1n) is 20.9. The lowest BCUT2D eigenvalue weighted by atomic mass is 9.76. The summed E-state index contributed by atoms with van der Waals surface area (Å²) in [6.45, 7) is 43.9. The summed E-state index contributed by atoms with van der Waals surface area (Å²) in [5.74, 6) is 1.43. The van der Waals surface area contributed by atoms with Gasteiger partial charge in [-0.1, -0.05) is 154 Å². The van der Waals surface area contributed by atoms with E-state index in [1.165, 1.54) is 50.1 Å². The van der Waals surface area contributed by atoms with Gasteiger partial charge in [-0.2, -0.15) is 0 Å². The van der Waals surface area contributed by atoms with Crippen LogP contribution in [-0.2, 0) is 46.3 Å². The molecule has 0 spiro atoms. The van der Waals surface area contributed by atoms with Gasteiger partial charge in [0, 0.05) is 0 Å². The maximum atomic E-state index is 11.6. The van der Waals surface area contributed by atoms with Crippen LogP contribution in [0.2, 0.25) is 0 Å². The van der Waals surface area contributed by atoms with Crippen molar-refractivity contribution in [2.24, 2.45) is 0 Å². The highest BCUT2D eigenvalue weighted by atomic mass is 16.3. The molecule has 0 saturated carbocycles. The molecule has 0 aliphatic carbocycles. The summed E-state index contributed by atoms with van der Waals surface area (Å²) in [5.41, 5.74) is 16.4. The average molecular weight is 761 g/mol. The number of aromatic hydroxyl groups is 3. The summed E-state index contributed by atoms with van der Waals surface area (Å²) in [5, 5.41) is 34.7. The zero-order valence-electron chi connectivity index (χ0n) is 39.0. The Labute approximate surface area is 342 Å². The Morgan fingerprint density at radius 2 is 0.589 bits per heavy atom. The molecule has 306 valence electrons. The Hall–Kier alpha value is -3.72. The van der Waals surface area contributed by atoms with E-state index in [2.05, 4.69) is 175 Å². The largest absolute Gasteiger partial charge is 0.507 e. The topological polar surface area (TPSA) is 60.7 Å². The fourth-order valence-electron chi connectivity index (χ4n) is 8.51. The Morgan fingerprint density at radius 3 is 0.804 bits per heavy atom. The molecule has 0 aromatic heterocycles. The minimum atomic E-state index is -0.222. The fourth-order valence-corrected chi connectivity index (χ4v) is 8.51. The summed E-state index contributed by atoms with van der Waals surface area (Å²) in [4.78, 5) is 0. The zero-order valence-corrected chi connectivity index (χ0v) is 39.0. The van der Waals surface area contributed by atoms with Crippen LogP contribution in [-0.4, -0.2) is 15.3 Å². The van der Waals surface area contributed by atoms with Crippen molar-refractivity contribution in [3.05, 3.63) is 120 Å². The molecular formula is C53H76O3. The van der Waals surface area contributed by atoms with E-state index in [4.69, 9.17) is 0 Å². The van der Waals surface area contributed by atoms with Crippen LogP contribution < -0.4 is 0 Å². The minimum absolute atomic E-state index is 0.189. The first-order chi connectivity index (χ1) is 25.2. The highest BCUT2D eigenvalue weighted by Crippen LogP contribution is 2.44. The van der Waals surface area contributed by atoms with Gasteiger partial charge in [-0.3, -0.25) is 0 Å². The summed E-state index contributed by atoms with van der Waals surface area (Å²) < 4.78 is 0. The molecule has 0 amide bonds. The maximum Gasteiger partial charge on any atom is 0.123 e. The van der Waals surface area contributed by atoms with Gasteiger partial charge in [-0.05, 0) is 156 Å². The van der Waals surface area contributed by atoms with Crippen LogP contribution in [0.4, 0.5) is 0 Å². The average Bonchev–Trinajstić information content (AvgIpc) is 3.02. The molecule has 0 heterocycles. The van der Waals surface area contributed by atoms with Crippen LogP contribution in [0.15, 0.2) is 36.4 Å². The van der Waals surface area contributed by atoms with Gasteiger partial charge in [0.05, 0.1) is 0 Å². The van der Waals surface area contributed by atoms with Crippen molar-refractivity contribution in [1.29, 1.82) is 0 Å². The second-order valence-electron chi connectivity index (χ2n) is 22.4. The third-order valence-electron chi connectivity index (χ3n) is 12.1. The van der Waals surface area contributed by atoms with Crippen molar-refractivity contribution in [2.45, 2.75) is 191 Å². The number of hydrogen-bond acceptors (Lipinski definition) is 3. The third-order valence-corrected chi connectivity index (χ3v) is 12.1. The molecule has 4 rings (SSSR count). The van der Waals surface area contributed by atoms with E-state index in [9.17, 15) is 15.3 Å². The van der Waals surface area contributed by atoms with E-state index in [0.717, 1.165) is 52.6 Å². The van der Waals surface area contributed by atoms with E-state index in [-0.39, 0.29) is 33.0 Å². The van der Waals surface area contributed by atoms with Crippen LogP contribution in [0.25, 0.3) is 0 Å². The van der Waals surface area contributed by atoms with Crippen molar-refractivity contribution in [1.82, 2.24) is 0 Å². The number of rotatable bonds is 7. The van der Waals surface area contributed by atoms with Gasteiger partial charge in [0.2, 0.25) is 0 Å². The zero-order chi connectivity index (χ0) is 42.8. The van der Waals surface area contributed by atoms with E-state index in [1.54, 1.807) is 0 Å². The summed E-state index contributed by atoms with van der Waals surface area (Å²) >= 11 is 0. The molecule has 4 aromatic carbocycles. The van der Waals surface area contributed by atoms with Crippen molar-refractivity contribution in [3.63, 3.8) is 0 Å². The van der Waals surface area contributed by atoms with Crippen molar-refractivity contribution in [2.75, 3.05) is 0 Å². The molecule has 0 atom stereocenters. The van der Waals surface area contributed by atoms with E-state index < -0.39 is 0 Å². The Balaban J connectivity index is 2.09. The summed E-state index contributed by atoms with van der Waals surface area (Å²) in [7, 11) is 0. The van der Waals surface area contributed by atoms with E-state index in [0.29, 0.717) is 17.2 Å². The number of benzene rings is 4. The lowest BCUT2D eigenvalue weighted by molar-refractivity contribution is 0.422. The standard InChI is InChI=1S/C53H76O3/c1-30(2)37-21-34(25-41(46(37)54)49(6,7)8)22-38-31(3)39(23-35-26-42(50(9,10)11)47(55)43(27-35)51(12,13)14)33(5)40(32(38)4)24-36-28-44(52(15,16)17)48(56)45(29-36)53(18,19)20/h21,25-30,54-56H,22-24H2,1-20H3. The molecule has 56 heavy (non-hydrogen) atoms. The van der Waals surface area contributed by atoms with Crippen molar-refractivity contribution >= 4 is 0 Å². The number of phenolic OH excluding ortho intramolecular Hbond substituents is 3. The normalized spacial score (nSPS) is 13.2. The van der Waals surface area contributed by atoms with Gasteiger partial charge >= 0.3 is 0 Å². The Morgan fingerprint density at radius 1 is 0.375 bits per heavy atom. The van der Waals surface area contributed by atoms with Crippen LogP contribution >= 0.6 is 0 Å². The van der Waals surface area contributed by atoms with Gasteiger partial charge < -0.3 is 15.3 Å². The second-order valence-corrected chi connectivity index (χ2v) is 22.4. The monoisotopic (exact) mass is 761 g/mol. The lowest BCUT2D eigenvalue weighted by Crippen LogP contribution is -2.18. The van der Waals surface area contributed by atoms with Crippen LogP contribution in [0.3, 0.4) is 0 Å². The van der Waals surface area contributed by atoms with Gasteiger partial charge in [-0.25, -0.2) is 0 Å². The molecular weight excluding hydrogens is 685 g/mol. The minimum Gasteiger partial charge on any atom is -0.507 e. The van der Waals surface area contributed by atoms with Crippen molar-refractivity contribution in [3.8, 4) is 17.2 Å². The van der Waals surface area contributed by atoms with Gasteiger partial charge in [-0.15, -0.1) is 0 Å².